The highest BCUT2D eigenvalue weighted by Crippen LogP contribution is 2.32. The maximum absolute atomic E-state index is 6.34. The Hall–Kier alpha value is -2.62. The Morgan fingerprint density at radius 1 is 1.21 bits per heavy atom. The van der Waals surface area contributed by atoms with E-state index in [2.05, 4.69) is 59.3 Å². The number of benzene rings is 2. The van der Waals surface area contributed by atoms with Crippen LogP contribution in [-0.2, 0) is 13.1 Å². The van der Waals surface area contributed by atoms with Gasteiger partial charge in [0.2, 0.25) is 0 Å². The summed E-state index contributed by atoms with van der Waals surface area (Å²) in [6.45, 7) is 3.61. The predicted molar refractivity (Wildman–Crippen MR) is 98.6 cm³/mol. The predicted octanol–water partition coefficient (Wildman–Crippen LogP) is 3.56. The Morgan fingerprint density at radius 3 is 2.83 bits per heavy atom. The van der Waals surface area contributed by atoms with Crippen molar-refractivity contribution >= 4 is 17.4 Å². The Balaban J connectivity index is 1.51. The third kappa shape index (κ3) is 2.80. The van der Waals surface area contributed by atoms with Crippen molar-refractivity contribution in [1.29, 1.82) is 0 Å². The smallest absolute Gasteiger partial charge is 0.117 e. The van der Waals surface area contributed by atoms with Gasteiger partial charge in [-0.15, -0.1) is 0 Å². The molecule has 2 aromatic carbocycles. The fourth-order valence-corrected chi connectivity index (χ4v) is 3.43. The molecule has 4 heteroatoms. The van der Waals surface area contributed by atoms with Crippen molar-refractivity contribution in [1.82, 2.24) is 4.90 Å². The topological polar surface area (TPSA) is 54.0 Å². The molecule has 4 rings (SSSR count). The van der Waals surface area contributed by atoms with E-state index >= 15 is 0 Å². The van der Waals surface area contributed by atoms with Gasteiger partial charge in [-0.1, -0.05) is 48.0 Å². The third-order valence-electron chi connectivity index (χ3n) is 4.84. The molecule has 0 saturated carbocycles. The number of hydrogen-bond acceptors (Lipinski definition) is 3. The second-order valence-corrected chi connectivity index (χ2v) is 6.57. The molecular weight excluding hydrogens is 296 g/mol. The summed E-state index contributed by atoms with van der Waals surface area (Å²) in [5, 5.41) is 0. The molecule has 0 aliphatic carbocycles. The molecule has 2 aromatic rings. The fraction of sp³-hybridized carbons (Fsp3) is 0.300. The Labute approximate surface area is 142 Å². The van der Waals surface area contributed by atoms with Crippen LogP contribution in [0.25, 0.3) is 0 Å². The summed E-state index contributed by atoms with van der Waals surface area (Å²) in [4.78, 5) is 11.8. The second-order valence-electron chi connectivity index (χ2n) is 6.57. The highest BCUT2D eigenvalue weighted by atomic mass is 15.3. The quantitative estimate of drug-likeness (QED) is 0.695. The normalized spacial score (nSPS) is 19.7. The summed E-state index contributed by atoms with van der Waals surface area (Å²) in [5.74, 6) is 1.87. The molecule has 2 N–H and O–H groups in total. The van der Waals surface area contributed by atoms with Crippen LogP contribution in [-0.4, -0.2) is 22.6 Å². The fourth-order valence-electron chi connectivity index (χ4n) is 3.43. The first kappa shape index (κ1) is 14.9. The van der Waals surface area contributed by atoms with Crippen molar-refractivity contribution in [2.45, 2.75) is 38.9 Å². The highest BCUT2D eigenvalue weighted by Gasteiger charge is 2.34. The number of aliphatic imine (C=N–C) groups is 2. The Bertz CT molecular complexity index is 805. The molecule has 0 radical (unpaired) electrons. The molecule has 0 spiro atoms. The largest absolute Gasteiger partial charge is 0.386 e. The van der Waals surface area contributed by atoms with Crippen LogP contribution in [0, 0.1) is 6.92 Å². The molecule has 2 aliphatic rings. The lowest BCUT2D eigenvalue weighted by Crippen LogP contribution is -2.42. The first-order valence-electron chi connectivity index (χ1n) is 8.48. The summed E-state index contributed by atoms with van der Waals surface area (Å²) in [7, 11) is 0. The Kier molecular flexibility index (Phi) is 3.81. The van der Waals surface area contributed by atoms with Crippen molar-refractivity contribution in [2.24, 2.45) is 15.7 Å². The van der Waals surface area contributed by atoms with Gasteiger partial charge in [-0.05, 0) is 30.5 Å². The molecule has 1 fully saturated rings. The molecule has 2 heterocycles. The van der Waals surface area contributed by atoms with Crippen molar-refractivity contribution in [3.8, 4) is 0 Å². The number of nitrogens with zero attached hydrogens (tertiary/aromatic N) is 3. The van der Waals surface area contributed by atoms with Gasteiger partial charge in [0.15, 0.2) is 0 Å². The van der Waals surface area contributed by atoms with Crippen LogP contribution in [0.1, 0.15) is 29.5 Å². The minimum Gasteiger partial charge on any atom is -0.386 e. The number of nitrogens with two attached hydrogens (primary N) is 1. The summed E-state index contributed by atoms with van der Waals surface area (Å²) in [6, 6.07) is 17.0. The van der Waals surface area contributed by atoms with E-state index in [1.165, 1.54) is 16.7 Å². The van der Waals surface area contributed by atoms with Crippen LogP contribution >= 0.6 is 0 Å². The number of hydrogen-bond donors (Lipinski definition) is 1. The van der Waals surface area contributed by atoms with Gasteiger partial charge in [-0.2, -0.15) is 0 Å². The molecule has 2 aliphatic heterocycles. The number of para-hydroxylation sites is 1. The van der Waals surface area contributed by atoms with Crippen molar-refractivity contribution in [2.75, 3.05) is 0 Å². The lowest BCUT2D eigenvalue weighted by Gasteiger charge is -2.30. The maximum Gasteiger partial charge on any atom is 0.117 e. The maximum atomic E-state index is 6.34. The zero-order valence-corrected chi connectivity index (χ0v) is 13.9. The zero-order valence-electron chi connectivity index (χ0n) is 13.9. The van der Waals surface area contributed by atoms with Gasteiger partial charge < -0.3 is 10.6 Å². The molecule has 0 unspecified atom stereocenters. The number of rotatable bonds is 3. The zero-order chi connectivity index (χ0) is 16.5. The third-order valence-corrected chi connectivity index (χ3v) is 4.84. The molecule has 1 atom stereocenters. The summed E-state index contributed by atoms with van der Waals surface area (Å²) < 4.78 is 0. The van der Waals surface area contributed by atoms with Crippen LogP contribution in [0.15, 0.2) is 58.5 Å². The number of fused-ring (bicyclic) bond motifs is 2. The van der Waals surface area contributed by atoms with E-state index in [4.69, 9.17) is 10.7 Å². The van der Waals surface area contributed by atoms with E-state index in [0.29, 0.717) is 6.54 Å². The van der Waals surface area contributed by atoms with Crippen LogP contribution in [0.3, 0.4) is 0 Å². The van der Waals surface area contributed by atoms with Crippen LogP contribution < -0.4 is 5.73 Å². The monoisotopic (exact) mass is 318 g/mol. The SMILES string of the molecule is Cc1ccc(CN=C(N)[C@@H]2CCC3=Nc4ccccc4CN32)cc1. The van der Waals surface area contributed by atoms with Crippen molar-refractivity contribution in [3.63, 3.8) is 0 Å². The second kappa shape index (κ2) is 6.11. The van der Waals surface area contributed by atoms with Gasteiger partial charge in [0.05, 0.1) is 18.3 Å². The molecule has 0 aromatic heterocycles. The molecule has 0 amide bonds. The number of amidine groups is 2. The average Bonchev–Trinajstić information content (AvgIpc) is 3.02. The van der Waals surface area contributed by atoms with E-state index < -0.39 is 0 Å². The van der Waals surface area contributed by atoms with Gasteiger partial charge in [-0.25, -0.2) is 4.99 Å². The Morgan fingerprint density at radius 2 is 2.00 bits per heavy atom. The van der Waals surface area contributed by atoms with Gasteiger partial charge in [-0.3, -0.25) is 4.99 Å². The molecule has 4 nitrogen and oxygen atoms in total. The summed E-state index contributed by atoms with van der Waals surface area (Å²) >= 11 is 0. The molecular formula is C20H22N4. The van der Waals surface area contributed by atoms with Crippen molar-refractivity contribution < 1.29 is 0 Å². The minimum absolute atomic E-state index is 0.169. The standard InChI is InChI=1S/C20H22N4/c1-14-6-8-15(9-7-14)12-22-20(21)18-10-11-19-23-17-5-3-2-4-16(17)13-24(18)19/h2-9,18H,10-13H2,1H3,(H2,21,22)/t18-/m0/s1. The summed E-state index contributed by atoms with van der Waals surface area (Å²) in [6.07, 6.45) is 1.97. The highest BCUT2D eigenvalue weighted by molar-refractivity contribution is 5.97. The minimum atomic E-state index is 0.169. The molecule has 122 valence electrons. The lowest BCUT2D eigenvalue weighted by molar-refractivity contribution is 0.390. The van der Waals surface area contributed by atoms with Crippen LogP contribution in [0.5, 0.6) is 0 Å². The van der Waals surface area contributed by atoms with Crippen LogP contribution in [0.2, 0.25) is 0 Å². The van der Waals surface area contributed by atoms with Gasteiger partial charge in [0.25, 0.3) is 0 Å². The van der Waals surface area contributed by atoms with Gasteiger partial charge >= 0.3 is 0 Å². The van der Waals surface area contributed by atoms with Crippen LogP contribution in [0.4, 0.5) is 5.69 Å². The molecule has 0 bridgehead atoms. The number of aryl methyl sites for hydroxylation is 1. The average molecular weight is 318 g/mol. The first-order valence-corrected chi connectivity index (χ1v) is 8.48. The van der Waals surface area contributed by atoms with E-state index in [0.717, 1.165) is 36.7 Å². The first-order chi connectivity index (χ1) is 11.7. The molecule has 24 heavy (non-hydrogen) atoms. The lowest BCUT2D eigenvalue weighted by atomic mass is 10.1. The van der Waals surface area contributed by atoms with E-state index in [-0.39, 0.29) is 6.04 Å². The van der Waals surface area contributed by atoms with Gasteiger partial charge in [0.1, 0.15) is 11.7 Å². The molecule has 1 saturated heterocycles. The van der Waals surface area contributed by atoms with Gasteiger partial charge in [0, 0.05) is 13.0 Å². The van der Waals surface area contributed by atoms with E-state index in [1.807, 2.05) is 6.07 Å². The van der Waals surface area contributed by atoms with E-state index in [9.17, 15) is 0 Å². The van der Waals surface area contributed by atoms with Crippen molar-refractivity contribution in [3.05, 3.63) is 65.2 Å². The summed E-state index contributed by atoms with van der Waals surface area (Å²) in [5.41, 5.74) is 11.2. The van der Waals surface area contributed by atoms with E-state index in [1.54, 1.807) is 0 Å².